The summed E-state index contributed by atoms with van der Waals surface area (Å²) in [7, 11) is 3.27. The summed E-state index contributed by atoms with van der Waals surface area (Å²) in [6.45, 7) is 2.55. The molecular formula is C28H35ClF2N6O5. The number of allylic oxidation sites excluding steroid dienone is 3. The number of aromatic nitrogens is 2. The minimum absolute atomic E-state index is 0.0350. The van der Waals surface area contributed by atoms with Crippen molar-refractivity contribution in [2.75, 3.05) is 63.6 Å². The first-order valence-electron chi connectivity index (χ1n) is 13.7. The van der Waals surface area contributed by atoms with Gasteiger partial charge in [-0.3, -0.25) is 9.59 Å². The highest BCUT2D eigenvalue weighted by Gasteiger charge is 2.31. The van der Waals surface area contributed by atoms with Gasteiger partial charge in [-0.15, -0.1) is 0 Å². The van der Waals surface area contributed by atoms with E-state index in [9.17, 15) is 24.9 Å². The first-order chi connectivity index (χ1) is 19.9. The number of fused-ring (bicyclic) bond motifs is 1. The van der Waals surface area contributed by atoms with Crippen molar-refractivity contribution in [2.24, 2.45) is 11.8 Å². The lowest BCUT2D eigenvalue weighted by Crippen LogP contribution is -2.51. The van der Waals surface area contributed by atoms with Gasteiger partial charge in [-0.25, -0.2) is 13.8 Å². The zero-order chi connectivity index (χ0) is 30.7. The van der Waals surface area contributed by atoms with E-state index in [1.54, 1.807) is 32.0 Å². The fraction of sp³-hybridized carbons (Fsp3) is 0.500. The van der Waals surface area contributed by atoms with Crippen LogP contribution < -0.4 is 10.2 Å². The second kappa shape index (κ2) is 13.3. The molecule has 1 aromatic heterocycles. The van der Waals surface area contributed by atoms with Gasteiger partial charge in [0, 0.05) is 82.3 Å². The Morgan fingerprint density at radius 3 is 2.50 bits per heavy atom. The fourth-order valence-corrected chi connectivity index (χ4v) is 5.55. The average molecular weight is 609 g/mol. The Morgan fingerprint density at radius 1 is 1.19 bits per heavy atom. The molecule has 11 nitrogen and oxygen atoms in total. The van der Waals surface area contributed by atoms with Crippen molar-refractivity contribution in [2.45, 2.75) is 26.1 Å². The number of piperazine rings is 1. The average Bonchev–Trinajstić information content (AvgIpc) is 3.10. The maximum atomic E-state index is 16.4. The van der Waals surface area contributed by atoms with Crippen molar-refractivity contribution in [3.05, 3.63) is 40.4 Å². The molecule has 2 amide bonds. The summed E-state index contributed by atoms with van der Waals surface area (Å²) in [5.74, 6) is -2.84. The van der Waals surface area contributed by atoms with Crippen LogP contribution >= 0.6 is 11.6 Å². The normalized spacial score (nSPS) is 19.5. The zero-order valence-corrected chi connectivity index (χ0v) is 24.4. The molecule has 1 aromatic carbocycles. The van der Waals surface area contributed by atoms with Gasteiger partial charge < -0.3 is 35.3 Å². The molecule has 228 valence electrons. The van der Waals surface area contributed by atoms with Crippen LogP contribution in [0, 0.1) is 17.7 Å². The molecule has 42 heavy (non-hydrogen) atoms. The van der Waals surface area contributed by atoms with Gasteiger partial charge in [0.2, 0.25) is 18.1 Å². The number of halogens is 3. The van der Waals surface area contributed by atoms with E-state index in [-0.39, 0.29) is 90.6 Å². The number of hydrogen-bond donors (Lipinski definition) is 4. The molecule has 2 atom stereocenters. The smallest absolute Gasteiger partial charge is 0.279 e. The highest BCUT2D eigenvalue weighted by molar-refractivity contribution is 6.33. The third kappa shape index (κ3) is 6.64. The maximum Gasteiger partial charge on any atom is 0.279 e. The topological polar surface area (TPSA) is 142 Å². The van der Waals surface area contributed by atoms with Crippen LogP contribution in [-0.4, -0.2) is 107 Å². The van der Waals surface area contributed by atoms with Gasteiger partial charge >= 0.3 is 0 Å². The molecule has 1 saturated heterocycles. The molecule has 1 fully saturated rings. The number of carbonyl (C=O) groups excluding carboxylic acids is 2. The monoisotopic (exact) mass is 608 g/mol. The number of anilines is 2. The molecule has 4 N–H and O–H groups in total. The Hall–Kier alpha value is -3.39. The minimum atomic E-state index is -2.12. The number of amides is 2. The summed E-state index contributed by atoms with van der Waals surface area (Å²) in [5.41, 5.74) is -0.153. The molecule has 0 bridgehead atoms. The number of rotatable bonds is 8. The number of nitrogens with one attached hydrogen (secondary N) is 1. The number of aliphatic hydroxyl groups is 3. The van der Waals surface area contributed by atoms with E-state index < -0.39 is 29.8 Å². The highest BCUT2D eigenvalue weighted by Crippen LogP contribution is 2.43. The lowest BCUT2D eigenvalue weighted by atomic mass is 9.87. The van der Waals surface area contributed by atoms with Crippen LogP contribution in [0.3, 0.4) is 0 Å². The Morgan fingerprint density at radius 2 is 1.88 bits per heavy atom. The number of carbonyl (C=O) groups is 2. The van der Waals surface area contributed by atoms with Crippen molar-refractivity contribution >= 4 is 51.7 Å². The van der Waals surface area contributed by atoms with Crippen LogP contribution in [0.15, 0.2) is 24.0 Å². The molecule has 0 saturated carbocycles. The Kier molecular flexibility index (Phi) is 9.97. The second-order valence-electron chi connectivity index (χ2n) is 10.7. The van der Waals surface area contributed by atoms with E-state index in [0.717, 1.165) is 0 Å². The molecule has 2 aliphatic rings. The largest absolute Gasteiger partial charge is 0.396 e. The third-order valence-electron chi connectivity index (χ3n) is 7.52. The summed E-state index contributed by atoms with van der Waals surface area (Å²) < 4.78 is 31.8. The van der Waals surface area contributed by atoms with Crippen LogP contribution in [0.2, 0.25) is 5.02 Å². The Bertz CT molecular complexity index is 1410. The predicted molar refractivity (Wildman–Crippen MR) is 155 cm³/mol. The van der Waals surface area contributed by atoms with Crippen LogP contribution in [0.25, 0.3) is 16.5 Å². The van der Waals surface area contributed by atoms with Crippen molar-refractivity contribution in [1.82, 2.24) is 19.8 Å². The quantitative estimate of drug-likeness (QED) is 0.332. The molecule has 2 aromatic rings. The maximum absolute atomic E-state index is 16.4. The third-order valence-corrected chi connectivity index (χ3v) is 7.82. The summed E-state index contributed by atoms with van der Waals surface area (Å²) in [6, 6.07) is 1.49. The fourth-order valence-electron chi connectivity index (χ4n) is 5.25. The van der Waals surface area contributed by atoms with Crippen molar-refractivity contribution in [1.29, 1.82) is 0 Å². The van der Waals surface area contributed by atoms with Crippen LogP contribution in [0.1, 0.15) is 25.3 Å². The summed E-state index contributed by atoms with van der Waals surface area (Å²) in [4.78, 5) is 37.6. The van der Waals surface area contributed by atoms with Crippen LogP contribution in [-0.2, 0) is 9.59 Å². The second-order valence-corrected chi connectivity index (χ2v) is 11.1. The van der Waals surface area contributed by atoms with E-state index in [2.05, 4.69) is 15.3 Å². The molecule has 4 rings (SSSR count). The minimum Gasteiger partial charge on any atom is -0.396 e. The van der Waals surface area contributed by atoms with Crippen LogP contribution in [0.5, 0.6) is 0 Å². The molecule has 0 radical (unpaired) electrons. The number of hydrogen-bond acceptors (Lipinski definition) is 9. The van der Waals surface area contributed by atoms with E-state index >= 15 is 8.78 Å². The lowest BCUT2D eigenvalue weighted by Gasteiger charge is -2.36. The Labute approximate surface area is 247 Å². The lowest BCUT2D eigenvalue weighted by molar-refractivity contribution is -0.159. The van der Waals surface area contributed by atoms with Gasteiger partial charge in [0.05, 0.1) is 5.02 Å². The van der Waals surface area contributed by atoms with Gasteiger partial charge in [-0.05, 0) is 24.5 Å². The molecule has 0 spiro atoms. The van der Waals surface area contributed by atoms with Gasteiger partial charge in [-0.1, -0.05) is 24.6 Å². The van der Waals surface area contributed by atoms with Gasteiger partial charge in [0.15, 0.2) is 5.82 Å². The highest BCUT2D eigenvalue weighted by atomic mass is 35.5. The molecule has 1 aliphatic heterocycles. The van der Waals surface area contributed by atoms with Crippen molar-refractivity contribution < 1.29 is 33.7 Å². The van der Waals surface area contributed by atoms with E-state index in [0.29, 0.717) is 12.2 Å². The molecule has 1 aliphatic carbocycles. The van der Waals surface area contributed by atoms with Gasteiger partial charge in [0.25, 0.3) is 5.91 Å². The number of nitrogens with zero attached hydrogens (tertiary/aromatic N) is 5. The number of aliphatic hydroxyl groups excluding tert-OH is 2. The zero-order valence-electron chi connectivity index (χ0n) is 23.6. The molecule has 0 unspecified atom stereocenters. The van der Waals surface area contributed by atoms with Gasteiger partial charge in [0.1, 0.15) is 17.2 Å². The summed E-state index contributed by atoms with van der Waals surface area (Å²) in [5, 5.41) is 31.4. The first kappa shape index (κ1) is 31.5. The van der Waals surface area contributed by atoms with E-state index in [1.807, 2.05) is 0 Å². The number of benzene rings is 1. The first-order valence-corrected chi connectivity index (χ1v) is 14.0. The van der Waals surface area contributed by atoms with Gasteiger partial charge in [-0.2, -0.15) is 4.98 Å². The van der Waals surface area contributed by atoms with Crippen molar-refractivity contribution in [3.8, 4) is 0 Å². The molecular weight excluding hydrogens is 574 g/mol. The summed E-state index contributed by atoms with van der Waals surface area (Å²) in [6.07, 6.45) is 1.19. The molecule has 2 heterocycles. The van der Waals surface area contributed by atoms with E-state index in [4.69, 9.17) is 11.6 Å². The summed E-state index contributed by atoms with van der Waals surface area (Å²) >= 11 is 6.64. The SMILES string of the molecule is C[C@H]1C[C@H](CO)C=CC(F)=C1c1c(Cl)cc2c(N3CCN(C(=O)C(O)O)CC3)nc(NCCC(=O)N(C)C)nc2c1F. The van der Waals surface area contributed by atoms with Crippen LogP contribution in [0.4, 0.5) is 20.5 Å². The van der Waals surface area contributed by atoms with E-state index in [1.165, 1.54) is 21.9 Å². The molecule has 14 heteroatoms. The predicted octanol–water partition coefficient (Wildman–Crippen LogP) is 2.16. The van der Waals surface area contributed by atoms with Crippen molar-refractivity contribution in [3.63, 3.8) is 0 Å². The standard InChI is InChI=1S/C28H35ClF2N6O5/c1-15-12-16(14-38)4-5-19(30)21(15)22-18(29)13-17-24(23(22)31)33-28(32-7-6-20(39)35(2)3)34-25(17)36-8-10-37(11-9-36)26(40)27(41)42/h4-5,13,15-16,27,38,41-42H,6-12,14H2,1-3H3,(H,32,33,34)/t15-,16+/m0/s1. The Balaban J connectivity index is 1.78.